The second-order valence-electron chi connectivity index (χ2n) is 5.45. The molecular formula is C15H17N5S. The monoisotopic (exact) mass is 299 g/mol. The Labute approximate surface area is 126 Å². The number of H-pyrrole nitrogens is 1. The van der Waals surface area contributed by atoms with E-state index in [2.05, 4.69) is 49.7 Å². The van der Waals surface area contributed by atoms with Crippen LogP contribution in [-0.4, -0.2) is 34.3 Å². The number of fused-ring (bicyclic) bond motifs is 1. The van der Waals surface area contributed by atoms with E-state index >= 15 is 0 Å². The van der Waals surface area contributed by atoms with Gasteiger partial charge in [0.15, 0.2) is 5.82 Å². The average molecular weight is 299 g/mol. The normalized spacial score (nSPS) is 16.7. The van der Waals surface area contributed by atoms with Crippen molar-refractivity contribution in [3.8, 4) is 11.4 Å². The van der Waals surface area contributed by atoms with Crippen LogP contribution >= 0.6 is 11.3 Å². The van der Waals surface area contributed by atoms with E-state index in [0.29, 0.717) is 6.04 Å². The Balaban J connectivity index is 1.65. The maximum atomic E-state index is 5.95. The van der Waals surface area contributed by atoms with Crippen molar-refractivity contribution < 1.29 is 0 Å². The summed E-state index contributed by atoms with van der Waals surface area (Å²) in [4.78, 5) is 6.88. The minimum absolute atomic E-state index is 0.320. The molecule has 0 spiro atoms. The summed E-state index contributed by atoms with van der Waals surface area (Å²) >= 11 is 1.74. The van der Waals surface area contributed by atoms with Gasteiger partial charge in [0.25, 0.3) is 0 Å². The van der Waals surface area contributed by atoms with Gasteiger partial charge in [0.1, 0.15) is 0 Å². The van der Waals surface area contributed by atoms with E-state index in [0.717, 1.165) is 43.3 Å². The first-order valence-corrected chi connectivity index (χ1v) is 8.09. The predicted octanol–water partition coefficient (Wildman–Crippen LogP) is 2.61. The lowest BCUT2D eigenvalue weighted by Crippen LogP contribution is -2.40. The summed E-state index contributed by atoms with van der Waals surface area (Å²) in [6.07, 6.45) is 2.01. The molecule has 2 aromatic heterocycles. The van der Waals surface area contributed by atoms with E-state index < -0.39 is 0 Å². The third kappa shape index (κ3) is 2.30. The summed E-state index contributed by atoms with van der Waals surface area (Å²) in [6, 6.07) is 8.70. The van der Waals surface area contributed by atoms with Crippen LogP contribution in [-0.2, 0) is 0 Å². The fourth-order valence-electron chi connectivity index (χ4n) is 2.78. The Kier molecular flexibility index (Phi) is 3.12. The fraction of sp³-hybridized carbons (Fsp3) is 0.333. The number of nitrogens with two attached hydrogens (primary N) is 1. The summed E-state index contributed by atoms with van der Waals surface area (Å²) in [5.41, 5.74) is 7.07. The van der Waals surface area contributed by atoms with Gasteiger partial charge in [-0.2, -0.15) is 4.98 Å². The molecule has 0 bridgehead atoms. The van der Waals surface area contributed by atoms with Crippen LogP contribution in [0.3, 0.4) is 0 Å². The molecule has 0 atom stereocenters. The highest BCUT2D eigenvalue weighted by Crippen LogP contribution is 2.32. The van der Waals surface area contributed by atoms with E-state index in [9.17, 15) is 0 Å². The van der Waals surface area contributed by atoms with Crippen LogP contribution in [0, 0.1) is 0 Å². The Morgan fingerprint density at radius 2 is 2.05 bits per heavy atom. The number of nitrogens with zero attached hydrogens (tertiary/aromatic N) is 3. The van der Waals surface area contributed by atoms with Gasteiger partial charge in [0, 0.05) is 40.2 Å². The van der Waals surface area contributed by atoms with E-state index in [1.807, 2.05) is 0 Å². The summed E-state index contributed by atoms with van der Waals surface area (Å²) in [6.45, 7) is 1.87. The van der Waals surface area contributed by atoms with Gasteiger partial charge < -0.3 is 10.6 Å². The van der Waals surface area contributed by atoms with Gasteiger partial charge in [0.05, 0.1) is 0 Å². The molecule has 1 aromatic carbocycles. The highest BCUT2D eigenvalue weighted by atomic mass is 32.1. The number of aromatic nitrogens is 3. The highest BCUT2D eigenvalue weighted by Gasteiger charge is 2.20. The molecule has 6 heteroatoms. The Bertz CT molecular complexity index is 754. The van der Waals surface area contributed by atoms with Crippen LogP contribution in [0.4, 0.5) is 5.95 Å². The van der Waals surface area contributed by atoms with Crippen LogP contribution < -0.4 is 10.6 Å². The average Bonchev–Trinajstić information content (AvgIpc) is 3.14. The number of hydrogen-bond acceptors (Lipinski definition) is 5. The van der Waals surface area contributed by atoms with Crippen molar-refractivity contribution in [1.82, 2.24) is 15.2 Å². The molecule has 1 aliphatic rings. The molecule has 5 nitrogen and oxygen atoms in total. The third-order valence-corrected chi connectivity index (χ3v) is 5.00. The zero-order chi connectivity index (χ0) is 14.2. The van der Waals surface area contributed by atoms with Crippen molar-refractivity contribution in [3.05, 3.63) is 29.6 Å². The highest BCUT2D eigenvalue weighted by molar-refractivity contribution is 7.17. The maximum Gasteiger partial charge on any atom is 0.245 e. The van der Waals surface area contributed by atoms with Gasteiger partial charge in [-0.3, -0.25) is 5.10 Å². The Hall–Kier alpha value is -1.92. The number of anilines is 1. The molecule has 3 heterocycles. The van der Waals surface area contributed by atoms with Crippen LogP contribution in [0.5, 0.6) is 0 Å². The molecule has 0 aliphatic carbocycles. The molecule has 4 rings (SSSR count). The zero-order valence-corrected chi connectivity index (χ0v) is 12.4. The molecule has 3 aromatic rings. The predicted molar refractivity (Wildman–Crippen MR) is 86.6 cm³/mol. The van der Waals surface area contributed by atoms with E-state index in [-0.39, 0.29) is 0 Å². The summed E-state index contributed by atoms with van der Waals surface area (Å²) in [5.74, 6) is 1.63. The number of aromatic amines is 1. The van der Waals surface area contributed by atoms with Gasteiger partial charge in [-0.1, -0.05) is 18.2 Å². The van der Waals surface area contributed by atoms with Crippen molar-refractivity contribution in [1.29, 1.82) is 0 Å². The largest absolute Gasteiger partial charge is 0.339 e. The standard InChI is InChI=1S/C15H17N5S/c16-10-5-7-20(8-6-10)15-17-14(18-19-15)12-9-21-13-4-2-1-3-11(12)13/h1-4,9-10H,5-8,16H2,(H,17,18,19). The third-order valence-electron chi connectivity index (χ3n) is 4.03. The van der Waals surface area contributed by atoms with E-state index in [1.54, 1.807) is 11.3 Å². The van der Waals surface area contributed by atoms with Gasteiger partial charge in [-0.05, 0) is 18.9 Å². The van der Waals surface area contributed by atoms with Crippen molar-refractivity contribution in [2.75, 3.05) is 18.0 Å². The van der Waals surface area contributed by atoms with E-state index in [4.69, 9.17) is 5.73 Å². The molecule has 0 amide bonds. The van der Waals surface area contributed by atoms with Crippen LogP contribution in [0.15, 0.2) is 29.6 Å². The van der Waals surface area contributed by atoms with Crippen LogP contribution in [0.25, 0.3) is 21.5 Å². The molecule has 108 valence electrons. The summed E-state index contributed by atoms with van der Waals surface area (Å²) in [5, 5.41) is 10.8. The molecule has 0 saturated carbocycles. The lowest BCUT2D eigenvalue weighted by atomic mass is 10.1. The fourth-order valence-corrected chi connectivity index (χ4v) is 3.72. The second kappa shape index (κ2) is 5.13. The molecule has 1 saturated heterocycles. The van der Waals surface area contributed by atoms with Crippen molar-refractivity contribution in [3.63, 3.8) is 0 Å². The smallest absolute Gasteiger partial charge is 0.245 e. The molecule has 21 heavy (non-hydrogen) atoms. The van der Waals surface area contributed by atoms with Gasteiger partial charge in [-0.25, -0.2) is 0 Å². The quantitative estimate of drug-likeness (QED) is 0.763. The number of thiophene rings is 1. The number of hydrogen-bond donors (Lipinski definition) is 2. The first-order valence-electron chi connectivity index (χ1n) is 7.21. The Morgan fingerprint density at radius 1 is 1.24 bits per heavy atom. The van der Waals surface area contributed by atoms with Gasteiger partial charge >= 0.3 is 0 Å². The second-order valence-corrected chi connectivity index (χ2v) is 6.37. The van der Waals surface area contributed by atoms with Crippen molar-refractivity contribution in [2.45, 2.75) is 18.9 Å². The Morgan fingerprint density at radius 3 is 2.90 bits per heavy atom. The van der Waals surface area contributed by atoms with Crippen LogP contribution in [0.1, 0.15) is 12.8 Å². The lowest BCUT2D eigenvalue weighted by molar-refractivity contribution is 0.496. The summed E-state index contributed by atoms with van der Waals surface area (Å²) < 4.78 is 1.27. The minimum Gasteiger partial charge on any atom is -0.339 e. The molecule has 1 fully saturated rings. The first kappa shape index (κ1) is 12.8. The molecular weight excluding hydrogens is 282 g/mol. The maximum absolute atomic E-state index is 5.95. The molecule has 1 aliphatic heterocycles. The number of rotatable bonds is 2. The molecule has 0 unspecified atom stereocenters. The zero-order valence-electron chi connectivity index (χ0n) is 11.6. The topological polar surface area (TPSA) is 70.8 Å². The lowest BCUT2D eigenvalue weighted by Gasteiger charge is -2.28. The molecule has 0 radical (unpaired) electrons. The molecule has 3 N–H and O–H groups in total. The van der Waals surface area contributed by atoms with Crippen LogP contribution in [0.2, 0.25) is 0 Å². The van der Waals surface area contributed by atoms with Gasteiger partial charge in [-0.15, -0.1) is 16.4 Å². The SMILES string of the molecule is NC1CCN(c2n[nH]c(-c3csc4ccccc34)n2)CC1. The summed E-state index contributed by atoms with van der Waals surface area (Å²) in [7, 11) is 0. The first-order chi connectivity index (χ1) is 10.3. The number of nitrogens with one attached hydrogen (secondary N) is 1. The number of piperidine rings is 1. The van der Waals surface area contributed by atoms with Crippen molar-refractivity contribution in [2.24, 2.45) is 5.73 Å². The minimum atomic E-state index is 0.320. The number of benzene rings is 1. The van der Waals surface area contributed by atoms with Crippen molar-refractivity contribution >= 4 is 27.4 Å². The van der Waals surface area contributed by atoms with E-state index in [1.165, 1.54) is 10.1 Å². The van der Waals surface area contributed by atoms with Gasteiger partial charge in [0.2, 0.25) is 5.95 Å².